The van der Waals surface area contributed by atoms with E-state index in [1.807, 2.05) is 12.1 Å². The number of hydrogen-bond acceptors (Lipinski definition) is 8. The molecule has 2 aromatic heterocycles. The molecule has 0 atom stereocenters. The number of carboxylic acids is 2. The fourth-order valence-corrected chi connectivity index (χ4v) is 4.52. The van der Waals surface area contributed by atoms with Gasteiger partial charge in [-0.2, -0.15) is 0 Å². The number of anilines is 1. The molecule has 12 nitrogen and oxygen atoms in total. The Morgan fingerprint density at radius 3 is 2.33 bits per heavy atom. The average molecular weight is 584 g/mol. The van der Waals surface area contributed by atoms with E-state index in [1.54, 1.807) is 43.3 Å². The van der Waals surface area contributed by atoms with Gasteiger partial charge in [0.2, 0.25) is 0 Å². The molecule has 3 aromatic rings. The maximum absolute atomic E-state index is 13.5. The van der Waals surface area contributed by atoms with Crippen molar-refractivity contribution in [3.05, 3.63) is 98.9 Å². The van der Waals surface area contributed by atoms with Gasteiger partial charge in [-0.05, 0) is 43.7 Å². The van der Waals surface area contributed by atoms with Crippen molar-refractivity contribution in [3.8, 4) is 5.75 Å². The molecule has 0 amide bonds. The van der Waals surface area contributed by atoms with Gasteiger partial charge in [0.1, 0.15) is 11.6 Å². The standard InChI is InChI=1S/C25H30FN5O3.C4H4O4/c1-19-17-30(18-20-5-3-8-27-16-20)25(33)31(24(19)32)10-4-9-28-11-13-29(14-12-28)22-7-6-21(26)15-23(22)34-2;5-3(6)1-2-4(7)8/h3,5-8,15-17H,4,9-14,18H2,1-2H3;1-2H,(H,5,6)(H,7,8). The monoisotopic (exact) mass is 583 g/mol. The number of methoxy groups -OCH3 is 1. The summed E-state index contributed by atoms with van der Waals surface area (Å²) < 4.78 is 21.7. The zero-order chi connectivity index (χ0) is 30.6. The predicted octanol–water partition coefficient (Wildman–Crippen LogP) is 1.83. The zero-order valence-corrected chi connectivity index (χ0v) is 23.5. The minimum atomic E-state index is -1.26. The molecule has 3 heterocycles. The third-order valence-electron chi connectivity index (χ3n) is 6.56. The van der Waals surface area contributed by atoms with Crippen LogP contribution in [0.3, 0.4) is 0 Å². The van der Waals surface area contributed by atoms with E-state index in [9.17, 15) is 23.6 Å². The zero-order valence-electron chi connectivity index (χ0n) is 23.5. The minimum absolute atomic E-state index is 0.235. The third-order valence-corrected chi connectivity index (χ3v) is 6.56. The first kappa shape index (κ1) is 31.7. The molecule has 1 saturated heterocycles. The number of ether oxygens (including phenoxy) is 1. The van der Waals surface area contributed by atoms with Gasteiger partial charge in [0.25, 0.3) is 5.56 Å². The molecule has 224 valence electrons. The van der Waals surface area contributed by atoms with Crippen molar-refractivity contribution in [2.45, 2.75) is 26.4 Å². The highest BCUT2D eigenvalue weighted by Crippen LogP contribution is 2.29. The van der Waals surface area contributed by atoms with Crippen LogP contribution in [0.5, 0.6) is 5.75 Å². The van der Waals surface area contributed by atoms with Crippen LogP contribution in [0.2, 0.25) is 0 Å². The van der Waals surface area contributed by atoms with E-state index in [-0.39, 0.29) is 17.1 Å². The second-order valence-corrected chi connectivity index (χ2v) is 9.55. The van der Waals surface area contributed by atoms with E-state index in [1.165, 1.54) is 16.7 Å². The molecule has 0 saturated carbocycles. The van der Waals surface area contributed by atoms with E-state index >= 15 is 0 Å². The molecule has 4 rings (SSSR count). The highest BCUT2D eigenvalue weighted by atomic mass is 19.1. The minimum Gasteiger partial charge on any atom is -0.494 e. The number of aromatic nitrogens is 3. The summed E-state index contributed by atoms with van der Waals surface area (Å²) in [6, 6.07) is 8.35. The van der Waals surface area contributed by atoms with Crippen LogP contribution in [-0.2, 0) is 22.7 Å². The van der Waals surface area contributed by atoms with Gasteiger partial charge in [0.15, 0.2) is 0 Å². The number of pyridine rings is 1. The SMILES string of the molecule is COc1cc(F)ccc1N1CCN(CCCn2c(=O)c(C)cn(Cc3cccnc3)c2=O)CC1.O=C(O)C=CC(=O)O. The third kappa shape index (κ3) is 9.13. The highest BCUT2D eigenvalue weighted by molar-refractivity contribution is 5.89. The molecule has 1 aliphatic rings. The Morgan fingerprint density at radius 2 is 1.74 bits per heavy atom. The largest absolute Gasteiger partial charge is 0.494 e. The van der Waals surface area contributed by atoms with Crippen LogP contribution in [0.15, 0.2) is 70.7 Å². The quantitative estimate of drug-likeness (QED) is 0.339. The summed E-state index contributed by atoms with van der Waals surface area (Å²) >= 11 is 0. The van der Waals surface area contributed by atoms with Crippen LogP contribution in [0.25, 0.3) is 0 Å². The van der Waals surface area contributed by atoms with E-state index < -0.39 is 11.9 Å². The van der Waals surface area contributed by atoms with Crippen molar-refractivity contribution in [3.63, 3.8) is 0 Å². The summed E-state index contributed by atoms with van der Waals surface area (Å²) in [6.07, 6.45) is 6.85. The lowest BCUT2D eigenvalue weighted by Crippen LogP contribution is -2.47. The molecule has 0 unspecified atom stereocenters. The molecule has 0 spiro atoms. The molecule has 42 heavy (non-hydrogen) atoms. The number of rotatable bonds is 10. The van der Waals surface area contributed by atoms with E-state index in [0.29, 0.717) is 43.0 Å². The van der Waals surface area contributed by atoms with Crippen LogP contribution >= 0.6 is 0 Å². The fourth-order valence-electron chi connectivity index (χ4n) is 4.52. The van der Waals surface area contributed by atoms with Crippen molar-refractivity contribution in [2.24, 2.45) is 0 Å². The van der Waals surface area contributed by atoms with Gasteiger partial charge >= 0.3 is 17.6 Å². The van der Waals surface area contributed by atoms with Crippen molar-refractivity contribution >= 4 is 17.6 Å². The van der Waals surface area contributed by atoms with Crippen LogP contribution in [0.1, 0.15) is 17.5 Å². The molecule has 1 fully saturated rings. The molecule has 1 aliphatic heterocycles. The fraction of sp³-hybridized carbons (Fsp3) is 0.345. The Bertz CT molecular complexity index is 1500. The number of piperazine rings is 1. The van der Waals surface area contributed by atoms with Gasteiger partial charge in [-0.15, -0.1) is 0 Å². The molecular formula is C29H34FN5O7. The van der Waals surface area contributed by atoms with Crippen molar-refractivity contribution in [1.29, 1.82) is 0 Å². The first-order valence-corrected chi connectivity index (χ1v) is 13.2. The number of hydrogen-bond donors (Lipinski definition) is 2. The number of aryl methyl sites for hydroxylation is 1. The number of carbonyl (C=O) groups is 2. The molecule has 0 bridgehead atoms. The summed E-state index contributed by atoms with van der Waals surface area (Å²) in [5.74, 6) is -2.29. The molecule has 0 radical (unpaired) electrons. The lowest BCUT2D eigenvalue weighted by atomic mass is 10.2. The van der Waals surface area contributed by atoms with Crippen molar-refractivity contribution in [1.82, 2.24) is 19.0 Å². The average Bonchev–Trinajstić information content (AvgIpc) is 2.98. The van der Waals surface area contributed by atoms with Gasteiger partial charge in [0, 0.05) is 75.1 Å². The number of aliphatic carboxylic acids is 2. The maximum atomic E-state index is 13.5. The van der Waals surface area contributed by atoms with Gasteiger partial charge in [0.05, 0.1) is 19.3 Å². The lowest BCUT2D eigenvalue weighted by Gasteiger charge is -2.36. The lowest BCUT2D eigenvalue weighted by molar-refractivity contribution is -0.134. The van der Waals surface area contributed by atoms with Gasteiger partial charge in [-0.1, -0.05) is 6.07 Å². The van der Waals surface area contributed by atoms with Crippen molar-refractivity contribution < 1.29 is 28.9 Å². The second kappa shape index (κ2) is 15.3. The van der Waals surface area contributed by atoms with Crippen LogP contribution in [-0.4, -0.2) is 81.0 Å². The number of carboxylic acid groups (broad SMARTS) is 2. The van der Waals surface area contributed by atoms with Gasteiger partial charge in [-0.3, -0.25) is 23.8 Å². The molecule has 1 aromatic carbocycles. The number of benzene rings is 1. The number of nitrogens with zero attached hydrogens (tertiary/aromatic N) is 5. The van der Waals surface area contributed by atoms with E-state index in [2.05, 4.69) is 14.8 Å². The molecule has 13 heteroatoms. The van der Waals surface area contributed by atoms with Gasteiger partial charge < -0.3 is 19.8 Å². The molecular weight excluding hydrogens is 549 g/mol. The van der Waals surface area contributed by atoms with Gasteiger partial charge in [-0.25, -0.2) is 18.8 Å². The second-order valence-electron chi connectivity index (χ2n) is 9.55. The predicted molar refractivity (Wildman–Crippen MR) is 154 cm³/mol. The van der Waals surface area contributed by atoms with Crippen LogP contribution < -0.4 is 20.9 Å². The highest BCUT2D eigenvalue weighted by Gasteiger charge is 2.20. The summed E-state index contributed by atoms with van der Waals surface area (Å²) in [5.41, 5.74) is 1.81. The summed E-state index contributed by atoms with van der Waals surface area (Å²) in [4.78, 5) is 53.3. The van der Waals surface area contributed by atoms with E-state index in [4.69, 9.17) is 14.9 Å². The summed E-state index contributed by atoms with van der Waals surface area (Å²) in [7, 11) is 1.55. The van der Waals surface area contributed by atoms with Crippen molar-refractivity contribution in [2.75, 3.05) is 44.7 Å². The summed E-state index contributed by atoms with van der Waals surface area (Å²) in [6.45, 7) is 6.55. The maximum Gasteiger partial charge on any atom is 0.331 e. The molecule has 2 N–H and O–H groups in total. The van der Waals surface area contributed by atoms with Crippen LogP contribution in [0, 0.1) is 12.7 Å². The summed E-state index contributed by atoms with van der Waals surface area (Å²) in [5, 5.41) is 15.6. The Morgan fingerprint density at radius 1 is 1.05 bits per heavy atom. The normalized spacial score (nSPS) is 13.5. The topological polar surface area (TPSA) is 147 Å². The molecule has 0 aliphatic carbocycles. The first-order valence-electron chi connectivity index (χ1n) is 13.2. The Kier molecular flexibility index (Phi) is 11.6. The Balaban J connectivity index is 0.000000531. The Hall–Kier alpha value is -4.78. The van der Waals surface area contributed by atoms with E-state index in [0.717, 1.165) is 44.0 Å². The Labute approximate surface area is 241 Å². The smallest absolute Gasteiger partial charge is 0.331 e. The van der Waals surface area contributed by atoms with Crippen LogP contribution in [0.4, 0.5) is 10.1 Å². The first-order chi connectivity index (χ1) is 20.1. The number of halogens is 1.